The van der Waals surface area contributed by atoms with Crippen LogP contribution in [0.1, 0.15) is 37.8 Å². The van der Waals surface area contributed by atoms with Crippen LogP contribution in [0.3, 0.4) is 0 Å². The molecule has 0 saturated heterocycles. The highest BCUT2D eigenvalue weighted by atomic mass is 35.5. The number of carbonyl (C=O) groups is 2. The van der Waals surface area contributed by atoms with Gasteiger partial charge in [0, 0.05) is 18.1 Å². The zero-order valence-electron chi connectivity index (χ0n) is 16.6. The molecule has 1 atom stereocenters. The van der Waals surface area contributed by atoms with Gasteiger partial charge in [-0.15, -0.1) is 0 Å². The van der Waals surface area contributed by atoms with Gasteiger partial charge in [-0.1, -0.05) is 72.4 Å². The van der Waals surface area contributed by atoms with Crippen LogP contribution in [-0.4, -0.2) is 29.3 Å². The van der Waals surface area contributed by atoms with Crippen LogP contribution < -0.4 is 5.32 Å². The SMILES string of the molecule is CCCCNC(=O)C(C)N(Cc1ccc(Cl)c(Cl)c1)C(=O)Cc1ccccc1Cl. The molecule has 29 heavy (non-hydrogen) atoms. The highest BCUT2D eigenvalue weighted by Gasteiger charge is 2.26. The van der Waals surface area contributed by atoms with Crippen molar-refractivity contribution in [1.82, 2.24) is 10.2 Å². The Bertz CT molecular complexity index is 858. The van der Waals surface area contributed by atoms with Crippen LogP contribution in [0.15, 0.2) is 42.5 Å². The Labute approximate surface area is 187 Å². The molecule has 0 bridgehead atoms. The van der Waals surface area contributed by atoms with Crippen molar-refractivity contribution < 1.29 is 9.59 Å². The lowest BCUT2D eigenvalue weighted by atomic mass is 10.1. The van der Waals surface area contributed by atoms with Crippen molar-refractivity contribution >= 4 is 46.6 Å². The smallest absolute Gasteiger partial charge is 0.242 e. The van der Waals surface area contributed by atoms with Crippen molar-refractivity contribution in [3.05, 3.63) is 68.7 Å². The molecule has 0 saturated carbocycles. The van der Waals surface area contributed by atoms with E-state index in [9.17, 15) is 9.59 Å². The maximum atomic E-state index is 13.1. The Morgan fingerprint density at radius 3 is 2.41 bits per heavy atom. The Hall–Kier alpha value is -1.75. The first-order chi connectivity index (χ1) is 13.8. The van der Waals surface area contributed by atoms with E-state index in [4.69, 9.17) is 34.8 Å². The molecule has 0 radical (unpaired) electrons. The van der Waals surface area contributed by atoms with Crippen LogP contribution in [0.4, 0.5) is 0 Å². The summed E-state index contributed by atoms with van der Waals surface area (Å²) in [5.74, 6) is -0.381. The van der Waals surface area contributed by atoms with Gasteiger partial charge in [0.05, 0.1) is 16.5 Å². The predicted octanol–water partition coefficient (Wildman–Crippen LogP) is 5.52. The third-order valence-electron chi connectivity index (χ3n) is 4.63. The van der Waals surface area contributed by atoms with Crippen LogP contribution in [0.2, 0.25) is 15.1 Å². The first-order valence-corrected chi connectivity index (χ1v) is 10.7. The average molecular weight is 456 g/mol. The molecule has 0 aliphatic rings. The number of halogens is 3. The lowest BCUT2D eigenvalue weighted by Gasteiger charge is -2.29. The minimum atomic E-state index is -0.642. The predicted molar refractivity (Wildman–Crippen MR) is 120 cm³/mol. The van der Waals surface area contributed by atoms with Gasteiger partial charge < -0.3 is 10.2 Å². The van der Waals surface area contributed by atoms with Crippen molar-refractivity contribution in [3.63, 3.8) is 0 Å². The number of unbranched alkanes of at least 4 members (excludes halogenated alkanes) is 1. The maximum absolute atomic E-state index is 13.1. The van der Waals surface area contributed by atoms with Crippen LogP contribution in [0.25, 0.3) is 0 Å². The fourth-order valence-electron chi connectivity index (χ4n) is 2.86. The molecule has 0 fully saturated rings. The summed E-state index contributed by atoms with van der Waals surface area (Å²) < 4.78 is 0. The van der Waals surface area contributed by atoms with Crippen molar-refractivity contribution in [2.24, 2.45) is 0 Å². The van der Waals surface area contributed by atoms with Gasteiger partial charge in [-0.3, -0.25) is 9.59 Å². The molecule has 0 heterocycles. The number of nitrogens with one attached hydrogen (secondary N) is 1. The maximum Gasteiger partial charge on any atom is 0.242 e. The molecule has 2 rings (SSSR count). The first-order valence-electron chi connectivity index (χ1n) is 9.58. The molecule has 1 unspecified atom stereocenters. The quantitative estimate of drug-likeness (QED) is 0.506. The van der Waals surface area contributed by atoms with Crippen LogP contribution in [0, 0.1) is 0 Å². The molecular weight excluding hydrogens is 431 g/mol. The third-order valence-corrected chi connectivity index (χ3v) is 5.74. The average Bonchev–Trinajstić information content (AvgIpc) is 2.70. The third kappa shape index (κ3) is 6.91. The molecule has 0 aliphatic carbocycles. The Morgan fingerprint density at radius 1 is 1.03 bits per heavy atom. The largest absolute Gasteiger partial charge is 0.354 e. The first kappa shape index (κ1) is 23.5. The summed E-state index contributed by atoms with van der Waals surface area (Å²) in [6.07, 6.45) is 1.97. The fourth-order valence-corrected chi connectivity index (χ4v) is 3.38. The van der Waals surface area contributed by atoms with Gasteiger partial charge >= 0.3 is 0 Å². The van der Waals surface area contributed by atoms with Gasteiger partial charge in [0.25, 0.3) is 0 Å². The summed E-state index contributed by atoms with van der Waals surface area (Å²) in [6.45, 7) is 4.60. The van der Waals surface area contributed by atoms with E-state index in [0.29, 0.717) is 21.6 Å². The molecule has 0 aromatic heterocycles. The highest BCUT2D eigenvalue weighted by Crippen LogP contribution is 2.24. The standard InChI is InChI=1S/C22H25Cl3N2O2/c1-3-4-11-26-22(29)15(2)27(14-16-9-10-19(24)20(25)12-16)21(28)13-17-7-5-6-8-18(17)23/h5-10,12,15H,3-4,11,13-14H2,1-2H3,(H,26,29). The van der Waals surface area contributed by atoms with Crippen molar-refractivity contribution in [2.45, 2.75) is 45.7 Å². The number of nitrogens with zero attached hydrogens (tertiary/aromatic N) is 1. The fraction of sp³-hybridized carbons (Fsp3) is 0.364. The van der Waals surface area contributed by atoms with E-state index in [-0.39, 0.29) is 24.8 Å². The summed E-state index contributed by atoms with van der Waals surface area (Å²) in [7, 11) is 0. The van der Waals surface area contributed by atoms with E-state index in [1.807, 2.05) is 18.2 Å². The molecule has 4 nitrogen and oxygen atoms in total. The lowest BCUT2D eigenvalue weighted by molar-refractivity contribution is -0.140. The van der Waals surface area contributed by atoms with Crippen LogP contribution >= 0.6 is 34.8 Å². The number of hydrogen-bond donors (Lipinski definition) is 1. The number of rotatable bonds is 9. The van der Waals surface area contributed by atoms with E-state index >= 15 is 0 Å². The zero-order valence-corrected chi connectivity index (χ0v) is 18.8. The summed E-state index contributed by atoms with van der Waals surface area (Å²) in [4.78, 5) is 27.3. The van der Waals surface area contributed by atoms with Crippen LogP contribution in [0.5, 0.6) is 0 Å². The van der Waals surface area contributed by atoms with Gasteiger partial charge in [0.15, 0.2) is 0 Å². The number of hydrogen-bond acceptors (Lipinski definition) is 2. The zero-order chi connectivity index (χ0) is 21.4. The second-order valence-corrected chi connectivity index (χ2v) is 8.08. The van der Waals surface area contributed by atoms with Crippen LogP contribution in [-0.2, 0) is 22.6 Å². The molecule has 2 aromatic rings. The molecule has 0 spiro atoms. The normalized spacial score (nSPS) is 11.8. The molecule has 2 aromatic carbocycles. The van der Waals surface area contributed by atoms with E-state index in [0.717, 1.165) is 24.0 Å². The van der Waals surface area contributed by atoms with E-state index in [1.165, 1.54) is 0 Å². The van der Waals surface area contributed by atoms with Crippen molar-refractivity contribution in [3.8, 4) is 0 Å². The molecule has 0 aliphatic heterocycles. The second kappa shape index (κ2) is 11.4. The number of carbonyl (C=O) groups excluding carboxylic acids is 2. The highest BCUT2D eigenvalue weighted by molar-refractivity contribution is 6.42. The molecular formula is C22H25Cl3N2O2. The van der Waals surface area contributed by atoms with E-state index in [2.05, 4.69) is 12.2 Å². The molecule has 2 amide bonds. The summed E-state index contributed by atoms with van der Waals surface area (Å²) in [5.41, 5.74) is 1.51. The lowest BCUT2D eigenvalue weighted by Crippen LogP contribution is -2.48. The molecule has 156 valence electrons. The van der Waals surface area contributed by atoms with Gasteiger partial charge in [0.1, 0.15) is 6.04 Å². The minimum absolute atomic E-state index is 0.105. The summed E-state index contributed by atoms with van der Waals surface area (Å²) >= 11 is 18.3. The summed E-state index contributed by atoms with van der Waals surface area (Å²) in [5, 5.41) is 4.26. The van der Waals surface area contributed by atoms with Crippen molar-refractivity contribution in [2.75, 3.05) is 6.54 Å². The van der Waals surface area contributed by atoms with E-state index < -0.39 is 6.04 Å². The summed E-state index contributed by atoms with van der Waals surface area (Å²) in [6, 6.07) is 11.7. The number of benzene rings is 2. The minimum Gasteiger partial charge on any atom is -0.354 e. The Morgan fingerprint density at radius 2 is 1.76 bits per heavy atom. The van der Waals surface area contributed by atoms with E-state index in [1.54, 1.807) is 36.1 Å². The number of amides is 2. The molecule has 1 N–H and O–H groups in total. The van der Waals surface area contributed by atoms with Gasteiger partial charge in [-0.25, -0.2) is 0 Å². The van der Waals surface area contributed by atoms with Gasteiger partial charge in [0.2, 0.25) is 11.8 Å². The Balaban J connectivity index is 2.23. The van der Waals surface area contributed by atoms with Crippen molar-refractivity contribution in [1.29, 1.82) is 0 Å². The second-order valence-electron chi connectivity index (χ2n) is 6.86. The van der Waals surface area contributed by atoms with Gasteiger partial charge in [-0.05, 0) is 42.7 Å². The van der Waals surface area contributed by atoms with Gasteiger partial charge in [-0.2, -0.15) is 0 Å². The monoisotopic (exact) mass is 454 g/mol. The topological polar surface area (TPSA) is 49.4 Å². The Kier molecular flexibility index (Phi) is 9.28. The molecule has 7 heteroatoms.